The quantitative estimate of drug-likeness (QED) is 0.170. The monoisotopic (exact) mass is 480 g/mol. The van der Waals surface area contributed by atoms with E-state index in [0.29, 0.717) is 0 Å². The molecule has 0 saturated heterocycles. The predicted molar refractivity (Wildman–Crippen MR) is 165 cm³/mol. The highest BCUT2D eigenvalue weighted by atomic mass is 14.2. The van der Waals surface area contributed by atoms with Gasteiger partial charge in [-0.3, -0.25) is 0 Å². The summed E-state index contributed by atoms with van der Waals surface area (Å²) in [5, 5.41) is 12.8. The first-order chi connectivity index (χ1) is 18.8. The molecule has 0 heterocycles. The third-order valence-electron chi connectivity index (χ3n) is 8.01. The molecule has 8 rings (SSSR count). The van der Waals surface area contributed by atoms with E-state index in [9.17, 15) is 0 Å². The van der Waals surface area contributed by atoms with E-state index in [-0.39, 0.29) is 0 Å². The molecular weight excluding hydrogens is 456 g/mol. The fourth-order valence-corrected chi connectivity index (χ4v) is 6.25. The zero-order valence-electron chi connectivity index (χ0n) is 20.9. The van der Waals surface area contributed by atoms with Crippen LogP contribution in [0.5, 0.6) is 0 Å². The smallest absolute Gasteiger partial charge is 0.00261 e. The number of hydrogen-bond acceptors (Lipinski definition) is 0. The van der Waals surface area contributed by atoms with Gasteiger partial charge in [-0.1, -0.05) is 133 Å². The molecule has 0 aliphatic rings. The second-order valence-electron chi connectivity index (χ2n) is 10.1. The topological polar surface area (TPSA) is 0 Å². The van der Waals surface area contributed by atoms with Crippen LogP contribution in [0.3, 0.4) is 0 Å². The van der Waals surface area contributed by atoms with Gasteiger partial charge in [0.2, 0.25) is 0 Å². The molecule has 0 saturated carbocycles. The summed E-state index contributed by atoms with van der Waals surface area (Å²) in [6, 6.07) is 53.4. The lowest BCUT2D eigenvalue weighted by molar-refractivity contribution is 1.68. The van der Waals surface area contributed by atoms with Crippen molar-refractivity contribution < 1.29 is 0 Å². The van der Waals surface area contributed by atoms with Crippen LogP contribution >= 0.6 is 0 Å². The molecule has 0 heteroatoms. The van der Waals surface area contributed by atoms with Crippen molar-refractivity contribution in [3.63, 3.8) is 0 Å². The SMILES string of the molecule is c1ccc2cc(-c3c4ccccc4c(-c4ccc5ccc6ccccc6c5c4)c4ccccc34)ccc2c1. The first kappa shape index (κ1) is 21.2. The van der Waals surface area contributed by atoms with Crippen LogP contribution in [0, 0.1) is 0 Å². The lowest BCUT2D eigenvalue weighted by Crippen LogP contribution is -1.91. The van der Waals surface area contributed by atoms with Gasteiger partial charge in [-0.2, -0.15) is 0 Å². The maximum absolute atomic E-state index is 2.39. The van der Waals surface area contributed by atoms with Gasteiger partial charge in [0.15, 0.2) is 0 Å². The van der Waals surface area contributed by atoms with Crippen LogP contribution in [0.15, 0.2) is 146 Å². The van der Waals surface area contributed by atoms with E-state index in [1.54, 1.807) is 0 Å². The molecule has 0 aliphatic heterocycles. The third-order valence-corrected chi connectivity index (χ3v) is 8.01. The molecule has 176 valence electrons. The molecule has 0 unspecified atom stereocenters. The predicted octanol–water partition coefficient (Wildman–Crippen LogP) is 10.8. The fraction of sp³-hybridized carbons (Fsp3) is 0. The first-order valence-corrected chi connectivity index (χ1v) is 13.2. The Bertz CT molecular complexity index is 2130. The Kier molecular flexibility index (Phi) is 4.62. The van der Waals surface area contributed by atoms with E-state index >= 15 is 0 Å². The molecule has 0 fully saturated rings. The molecule has 0 nitrogen and oxygen atoms in total. The molecule has 8 aromatic carbocycles. The zero-order valence-corrected chi connectivity index (χ0v) is 20.9. The Balaban J connectivity index is 1.49. The number of benzene rings is 8. The first-order valence-electron chi connectivity index (χ1n) is 13.2. The van der Waals surface area contributed by atoms with Crippen LogP contribution in [-0.4, -0.2) is 0 Å². The van der Waals surface area contributed by atoms with Crippen LogP contribution in [0.25, 0.3) is 76.1 Å². The molecule has 8 aromatic rings. The van der Waals surface area contributed by atoms with Crippen LogP contribution in [-0.2, 0) is 0 Å². The molecular formula is C38H24. The molecule has 0 aliphatic carbocycles. The van der Waals surface area contributed by atoms with Crippen molar-refractivity contribution >= 4 is 53.9 Å². The molecule has 0 amide bonds. The van der Waals surface area contributed by atoms with Gasteiger partial charge in [0.1, 0.15) is 0 Å². The van der Waals surface area contributed by atoms with Gasteiger partial charge in [0.25, 0.3) is 0 Å². The summed E-state index contributed by atoms with van der Waals surface area (Å²) >= 11 is 0. The molecule has 0 spiro atoms. The van der Waals surface area contributed by atoms with Crippen molar-refractivity contribution in [3.05, 3.63) is 146 Å². The van der Waals surface area contributed by atoms with E-state index in [2.05, 4.69) is 146 Å². The minimum absolute atomic E-state index is 1.26. The van der Waals surface area contributed by atoms with E-state index in [1.165, 1.54) is 76.1 Å². The van der Waals surface area contributed by atoms with E-state index in [0.717, 1.165) is 0 Å². The van der Waals surface area contributed by atoms with E-state index in [1.807, 2.05) is 0 Å². The van der Waals surface area contributed by atoms with Gasteiger partial charge in [-0.05, 0) is 88.2 Å². The lowest BCUT2D eigenvalue weighted by Gasteiger charge is -2.18. The summed E-state index contributed by atoms with van der Waals surface area (Å²) in [6.07, 6.45) is 0. The molecule has 0 radical (unpaired) electrons. The number of fused-ring (bicyclic) bond motifs is 6. The van der Waals surface area contributed by atoms with Crippen LogP contribution in [0.1, 0.15) is 0 Å². The standard InChI is InChI=1S/C38H24/c1-2-11-28-23-29(21-17-25(28)9-1)37-32-13-5-7-15-34(32)38(35-16-8-6-14-33(35)37)30-22-20-27-19-18-26-10-3-4-12-31(26)36(27)24-30/h1-24H. The summed E-state index contributed by atoms with van der Waals surface area (Å²) in [4.78, 5) is 0. The lowest BCUT2D eigenvalue weighted by atomic mass is 9.85. The Morgan fingerprint density at radius 3 is 1.24 bits per heavy atom. The van der Waals surface area contributed by atoms with Gasteiger partial charge in [0, 0.05) is 0 Å². The summed E-state index contributed by atoms with van der Waals surface area (Å²) < 4.78 is 0. The van der Waals surface area contributed by atoms with Crippen LogP contribution < -0.4 is 0 Å². The van der Waals surface area contributed by atoms with Gasteiger partial charge in [-0.15, -0.1) is 0 Å². The third kappa shape index (κ3) is 3.17. The van der Waals surface area contributed by atoms with Gasteiger partial charge in [-0.25, -0.2) is 0 Å². The largest absolute Gasteiger partial charge is 0.0616 e. The summed E-state index contributed by atoms with van der Waals surface area (Å²) in [5.74, 6) is 0. The normalized spacial score (nSPS) is 11.7. The Labute approximate surface area is 221 Å². The number of rotatable bonds is 2. The van der Waals surface area contributed by atoms with Gasteiger partial charge < -0.3 is 0 Å². The fourth-order valence-electron chi connectivity index (χ4n) is 6.25. The Hall–Kier alpha value is -4.94. The van der Waals surface area contributed by atoms with Crippen molar-refractivity contribution in [2.75, 3.05) is 0 Å². The van der Waals surface area contributed by atoms with Gasteiger partial charge >= 0.3 is 0 Å². The van der Waals surface area contributed by atoms with Crippen molar-refractivity contribution in [2.45, 2.75) is 0 Å². The van der Waals surface area contributed by atoms with E-state index in [4.69, 9.17) is 0 Å². The molecule has 0 atom stereocenters. The van der Waals surface area contributed by atoms with Crippen LogP contribution in [0.4, 0.5) is 0 Å². The minimum atomic E-state index is 1.26. The van der Waals surface area contributed by atoms with E-state index < -0.39 is 0 Å². The highest BCUT2D eigenvalue weighted by molar-refractivity contribution is 6.22. The summed E-state index contributed by atoms with van der Waals surface area (Å²) in [7, 11) is 0. The second kappa shape index (κ2) is 8.30. The molecule has 0 N–H and O–H groups in total. The minimum Gasteiger partial charge on any atom is -0.0616 e. The van der Waals surface area contributed by atoms with Crippen molar-refractivity contribution in [2.24, 2.45) is 0 Å². The molecule has 0 bridgehead atoms. The highest BCUT2D eigenvalue weighted by Gasteiger charge is 2.17. The van der Waals surface area contributed by atoms with Crippen LogP contribution in [0.2, 0.25) is 0 Å². The molecule has 38 heavy (non-hydrogen) atoms. The second-order valence-corrected chi connectivity index (χ2v) is 10.1. The highest BCUT2D eigenvalue weighted by Crippen LogP contribution is 2.44. The Morgan fingerprint density at radius 1 is 0.237 bits per heavy atom. The van der Waals surface area contributed by atoms with Crippen molar-refractivity contribution in [3.8, 4) is 22.3 Å². The average Bonchev–Trinajstić information content (AvgIpc) is 2.99. The maximum atomic E-state index is 2.39. The summed E-state index contributed by atoms with van der Waals surface area (Å²) in [6.45, 7) is 0. The Morgan fingerprint density at radius 2 is 0.632 bits per heavy atom. The van der Waals surface area contributed by atoms with Crippen molar-refractivity contribution in [1.29, 1.82) is 0 Å². The zero-order chi connectivity index (χ0) is 25.1. The van der Waals surface area contributed by atoms with Gasteiger partial charge in [0.05, 0.1) is 0 Å². The average molecular weight is 481 g/mol. The maximum Gasteiger partial charge on any atom is -0.00261 e. The summed E-state index contributed by atoms with van der Waals surface area (Å²) in [5.41, 5.74) is 5.12. The number of hydrogen-bond donors (Lipinski definition) is 0. The molecule has 0 aromatic heterocycles. The van der Waals surface area contributed by atoms with Crippen molar-refractivity contribution in [1.82, 2.24) is 0 Å².